The molecule has 0 spiro atoms. The SMILES string of the molecule is CC1=NN2C(=Nc3n(nc(C)[n+]3Cc3ccccn3)C2c2ccc(C)cc2)N1Cc1ccccn1. The van der Waals surface area contributed by atoms with Gasteiger partial charge in [0.2, 0.25) is 12.0 Å². The number of guanidine groups is 1. The van der Waals surface area contributed by atoms with Gasteiger partial charge in [0, 0.05) is 24.9 Å². The van der Waals surface area contributed by atoms with Gasteiger partial charge in [-0.15, -0.1) is 0 Å². The van der Waals surface area contributed by atoms with Gasteiger partial charge in [0.25, 0.3) is 5.96 Å². The van der Waals surface area contributed by atoms with Gasteiger partial charge in [-0.05, 0) is 43.2 Å². The summed E-state index contributed by atoms with van der Waals surface area (Å²) in [6, 6.07) is 20.4. The van der Waals surface area contributed by atoms with Crippen molar-refractivity contribution in [1.29, 1.82) is 0 Å². The average molecular weight is 465 g/mol. The number of amidine groups is 1. The molecule has 5 heterocycles. The number of hydrogen-bond acceptors (Lipinski definition) is 7. The predicted molar refractivity (Wildman–Crippen MR) is 132 cm³/mol. The number of fused-ring (bicyclic) bond motifs is 2. The van der Waals surface area contributed by atoms with Crippen LogP contribution in [0.25, 0.3) is 0 Å². The van der Waals surface area contributed by atoms with Crippen LogP contribution in [0.2, 0.25) is 0 Å². The van der Waals surface area contributed by atoms with Crippen LogP contribution >= 0.6 is 0 Å². The summed E-state index contributed by atoms with van der Waals surface area (Å²) in [6.07, 6.45) is 3.37. The lowest BCUT2D eigenvalue weighted by atomic mass is 10.1. The van der Waals surface area contributed by atoms with Gasteiger partial charge in [0.05, 0.1) is 17.9 Å². The van der Waals surface area contributed by atoms with Gasteiger partial charge >= 0.3 is 5.95 Å². The molecule has 0 aliphatic carbocycles. The molecule has 0 fully saturated rings. The zero-order valence-electron chi connectivity index (χ0n) is 19.9. The number of hydrazone groups is 1. The monoisotopic (exact) mass is 464 g/mol. The fourth-order valence-electron chi connectivity index (χ4n) is 4.49. The Morgan fingerprint density at radius 2 is 1.57 bits per heavy atom. The van der Waals surface area contributed by atoms with Crippen molar-refractivity contribution in [2.45, 2.75) is 40.0 Å². The predicted octanol–water partition coefficient (Wildman–Crippen LogP) is 3.32. The van der Waals surface area contributed by atoms with Crippen molar-refractivity contribution >= 4 is 17.7 Å². The lowest BCUT2D eigenvalue weighted by Crippen LogP contribution is -2.45. The third-order valence-electron chi connectivity index (χ3n) is 6.31. The van der Waals surface area contributed by atoms with E-state index in [1.165, 1.54) is 5.56 Å². The van der Waals surface area contributed by atoms with Crippen molar-refractivity contribution in [3.8, 4) is 0 Å². The first-order chi connectivity index (χ1) is 17.1. The van der Waals surface area contributed by atoms with Crippen LogP contribution in [-0.2, 0) is 13.1 Å². The summed E-state index contributed by atoms with van der Waals surface area (Å²) in [5.74, 6) is 3.26. The number of benzene rings is 1. The van der Waals surface area contributed by atoms with E-state index in [-0.39, 0.29) is 6.17 Å². The molecule has 0 radical (unpaired) electrons. The number of aromatic nitrogens is 5. The van der Waals surface area contributed by atoms with Gasteiger partial charge in [-0.25, -0.2) is 4.57 Å². The molecule has 0 saturated heterocycles. The molecule has 35 heavy (non-hydrogen) atoms. The summed E-state index contributed by atoms with van der Waals surface area (Å²) >= 11 is 0. The van der Waals surface area contributed by atoms with Crippen molar-refractivity contribution in [2.75, 3.05) is 0 Å². The highest BCUT2D eigenvalue weighted by atomic mass is 15.7. The molecular formula is C26H26N9+. The van der Waals surface area contributed by atoms with Crippen LogP contribution in [0.15, 0.2) is 83.2 Å². The van der Waals surface area contributed by atoms with Crippen LogP contribution in [0.1, 0.15) is 41.4 Å². The second-order valence-corrected chi connectivity index (χ2v) is 8.79. The lowest BCUT2D eigenvalue weighted by Gasteiger charge is -2.28. The Morgan fingerprint density at radius 1 is 0.857 bits per heavy atom. The molecule has 174 valence electrons. The van der Waals surface area contributed by atoms with E-state index in [2.05, 4.69) is 50.6 Å². The van der Waals surface area contributed by atoms with Gasteiger partial charge in [-0.3, -0.25) is 14.9 Å². The highest BCUT2D eigenvalue weighted by Crippen LogP contribution is 2.35. The fourth-order valence-corrected chi connectivity index (χ4v) is 4.49. The first-order valence-electron chi connectivity index (χ1n) is 11.6. The Bertz CT molecular complexity index is 1420. The van der Waals surface area contributed by atoms with E-state index in [0.717, 1.165) is 40.5 Å². The minimum Gasteiger partial charge on any atom is -0.280 e. The fraction of sp³-hybridized carbons (Fsp3) is 0.231. The molecule has 6 rings (SSSR count). The molecule has 9 heteroatoms. The van der Waals surface area contributed by atoms with Crippen molar-refractivity contribution in [3.63, 3.8) is 0 Å². The summed E-state index contributed by atoms with van der Waals surface area (Å²) in [7, 11) is 0. The van der Waals surface area contributed by atoms with Gasteiger partial charge < -0.3 is 0 Å². The molecule has 2 aliphatic heterocycles. The molecule has 4 aromatic rings. The van der Waals surface area contributed by atoms with Crippen molar-refractivity contribution in [2.24, 2.45) is 10.1 Å². The average Bonchev–Trinajstić information content (AvgIpc) is 3.35. The molecule has 1 atom stereocenters. The lowest BCUT2D eigenvalue weighted by molar-refractivity contribution is -0.682. The first kappa shape index (κ1) is 21.2. The number of aryl methyl sites for hydroxylation is 2. The number of rotatable bonds is 5. The van der Waals surface area contributed by atoms with Crippen LogP contribution in [0.4, 0.5) is 5.95 Å². The van der Waals surface area contributed by atoms with Crippen LogP contribution in [0.5, 0.6) is 0 Å². The minimum atomic E-state index is -0.259. The highest BCUT2D eigenvalue weighted by molar-refractivity contribution is 6.03. The van der Waals surface area contributed by atoms with Gasteiger partial charge in [-0.1, -0.05) is 51.6 Å². The van der Waals surface area contributed by atoms with Crippen LogP contribution < -0.4 is 4.57 Å². The smallest absolute Gasteiger partial charge is 0.280 e. The normalized spacial score (nSPS) is 16.6. The van der Waals surface area contributed by atoms with Gasteiger partial charge in [0.1, 0.15) is 12.4 Å². The molecule has 0 saturated carbocycles. The Kier molecular flexibility index (Phi) is 5.09. The van der Waals surface area contributed by atoms with Crippen LogP contribution in [-0.4, -0.2) is 41.5 Å². The van der Waals surface area contributed by atoms with Crippen LogP contribution in [0, 0.1) is 13.8 Å². The van der Waals surface area contributed by atoms with E-state index in [9.17, 15) is 0 Å². The largest absolute Gasteiger partial charge is 0.388 e. The Balaban J connectivity index is 1.49. The molecule has 3 aromatic heterocycles. The molecule has 1 unspecified atom stereocenters. The number of aliphatic imine (C=N–C) groups is 1. The minimum absolute atomic E-state index is 0.259. The summed E-state index contributed by atoms with van der Waals surface area (Å²) in [6.45, 7) is 7.27. The maximum absolute atomic E-state index is 5.11. The third-order valence-corrected chi connectivity index (χ3v) is 6.31. The zero-order valence-corrected chi connectivity index (χ0v) is 19.9. The van der Waals surface area contributed by atoms with Crippen molar-refractivity contribution < 1.29 is 4.57 Å². The number of pyridine rings is 2. The molecule has 0 bridgehead atoms. The van der Waals surface area contributed by atoms with E-state index in [1.807, 2.05) is 72.3 Å². The Morgan fingerprint density at radius 3 is 2.26 bits per heavy atom. The number of nitrogens with zero attached hydrogens (tertiary/aromatic N) is 9. The van der Waals surface area contributed by atoms with Gasteiger partial charge in [-0.2, -0.15) is 10.1 Å². The molecule has 0 amide bonds. The standard InChI is InChI=1S/C26H26N9/c1-18-10-12-21(13-11-18)24-34-25(32(19(2)30-34)16-22-8-4-6-14-27-22)29-26-33(20(3)31-35(24)26)17-23-9-5-7-15-28-23/h4-15,24H,16-17H2,1-3H3/q+1. The van der Waals surface area contributed by atoms with E-state index < -0.39 is 0 Å². The van der Waals surface area contributed by atoms with E-state index in [4.69, 9.17) is 15.2 Å². The van der Waals surface area contributed by atoms with E-state index in [1.54, 1.807) is 0 Å². The molecule has 0 N–H and O–H groups in total. The summed E-state index contributed by atoms with van der Waals surface area (Å²) in [5, 5.41) is 11.8. The third kappa shape index (κ3) is 3.74. The second-order valence-electron chi connectivity index (χ2n) is 8.79. The highest BCUT2D eigenvalue weighted by Gasteiger charge is 2.46. The molecular weight excluding hydrogens is 438 g/mol. The van der Waals surface area contributed by atoms with E-state index in [0.29, 0.717) is 13.1 Å². The quantitative estimate of drug-likeness (QED) is 0.424. The molecule has 2 aliphatic rings. The van der Waals surface area contributed by atoms with Crippen LogP contribution in [0.3, 0.4) is 0 Å². The Hall–Kier alpha value is -4.40. The topological polar surface area (TPSA) is 78.7 Å². The zero-order chi connectivity index (χ0) is 23.9. The summed E-state index contributed by atoms with van der Waals surface area (Å²) in [5.41, 5.74) is 4.21. The van der Waals surface area contributed by atoms with Crippen molar-refractivity contribution in [3.05, 3.63) is 101 Å². The molecule has 1 aromatic carbocycles. The second kappa shape index (κ2) is 8.43. The van der Waals surface area contributed by atoms with E-state index >= 15 is 0 Å². The maximum atomic E-state index is 5.11. The summed E-state index contributed by atoms with van der Waals surface area (Å²) < 4.78 is 4.08. The first-order valence-corrected chi connectivity index (χ1v) is 11.6. The Labute approximate surface area is 203 Å². The molecule has 9 nitrogen and oxygen atoms in total. The number of hydrogen-bond donors (Lipinski definition) is 0. The maximum Gasteiger partial charge on any atom is 0.388 e. The summed E-state index contributed by atoms with van der Waals surface area (Å²) in [4.78, 5) is 16.3. The van der Waals surface area contributed by atoms with Gasteiger partial charge in [0.15, 0.2) is 0 Å². The van der Waals surface area contributed by atoms with Crippen molar-refractivity contribution in [1.82, 2.24) is 29.7 Å².